The maximum absolute atomic E-state index is 5.70. The molecule has 0 bridgehead atoms. The van der Waals surface area contributed by atoms with Gasteiger partial charge in [0, 0.05) is 12.3 Å². The summed E-state index contributed by atoms with van der Waals surface area (Å²) in [5.74, 6) is 3.44. The maximum Gasteiger partial charge on any atom is 0.246 e. The van der Waals surface area contributed by atoms with Gasteiger partial charge >= 0.3 is 0 Å². The molecule has 0 spiro atoms. The Bertz CT molecular complexity index is 1320. The third-order valence-corrected chi connectivity index (χ3v) is 5.35. The Morgan fingerprint density at radius 1 is 1.06 bits per heavy atom. The van der Waals surface area contributed by atoms with E-state index in [1.54, 1.807) is 32.7 Å². The van der Waals surface area contributed by atoms with Crippen LogP contribution in [0.15, 0.2) is 79.0 Å². The molecule has 3 heterocycles. The van der Waals surface area contributed by atoms with Crippen LogP contribution in [0.4, 0.5) is 17.5 Å². The number of hydrogen-bond acceptors (Lipinski definition) is 9. The van der Waals surface area contributed by atoms with Gasteiger partial charge in [0.2, 0.25) is 18.6 Å². The van der Waals surface area contributed by atoms with Crippen LogP contribution < -0.4 is 19.7 Å². The number of nitrogens with zero attached hydrogens (tertiary/aromatic N) is 4. The predicted molar refractivity (Wildman–Crippen MR) is 130 cm³/mol. The fourth-order valence-electron chi connectivity index (χ4n) is 3.66. The van der Waals surface area contributed by atoms with E-state index in [9.17, 15) is 0 Å². The summed E-state index contributed by atoms with van der Waals surface area (Å²) in [5.41, 5.74) is 2.55. The summed E-state index contributed by atoms with van der Waals surface area (Å²) in [6.07, 6.45) is 3.32. The Balaban J connectivity index is 1.46. The van der Waals surface area contributed by atoms with Crippen LogP contribution in [0.25, 0.3) is 11.4 Å². The standard InChI is InChI=1S/C25H24N6O4/c1-32-18-10-11-20(21(13-18)33-2)27-25-28-23(29-30-25)19-9-6-12-26-24(19)31(22-15-34-16-35-22)14-17-7-4-3-5-8-17/h3-13,15H,14,16H2,1-2H3,(H2,27,28,29,30). The summed E-state index contributed by atoms with van der Waals surface area (Å²) in [5, 5.41) is 10.5. The highest BCUT2D eigenvalue weighted by Crippen LogP contribution is 2.34. The lowest BCUT2D eigenvalue weighted by Crippen LogP contribution is -2.24. The van der Waals surface area contributed by atoms with Crippen molar-refractivity contribution in [2.24, 2.45) is 0 Å². The van der Waals surface area contributed by atoms with Crippen LogP contribution in [0.3, 0.4) is 0 Å². The van der Waals surface area contributed by atoms with Gasteiger partial charge in [-0.2, -0.15) is 4.98 Å². The first kappa shape index (κ1) is 22.1. The van der Waals surface area contributed by atoms with Crippen LogP contribution in [0.1, 0.15) is 5.56 Å². The van der Waals surface area contributed by atoms with Gasteiger partial charge in [-0.1, -0.05) is 30.3 Å². The van der Waals surface area contributed by atoms with Crippen molar-refractivity contribution in [1.29, 1.82) is 0 Å². The summed E-state index contributed by atoms with van der Waals surface area (Å²) in [4.78, 5) is 11.2. The van der Waals surface area contributed by atoms with Gasteiger partial charge < -0.3 is 24.3 Å². The van der Waals surface area contributed by atoms with Crippen LogP contribution in [-0.2, 0) is 16.0 Å². The number of methoxy groups -OCH3 is 2. The molecule has 2 aromatic carbocycles. The molecule has 5 rings (SSSR count). The van der Waals surface area contributed by atoms with Gasteiger partial charge in [0.25, 0.3) is 0 Å². The van der Waals surface area contributed by atoms with E-state index >= 15 is 0 Å². The Kier molecular flexibility index (Phi) is 6.33. The molecule has 10 nitrogen and oxygen atoms in total. The molecule has 35 heavy (non-hydrogen) atoms. The molecule has 2 N–H and O–H groups in total. The molecule has 0 saturated heterocycles. The van der Waals surface area contributed by atoms with Crippen molar-refractivity contribution in [1.82, 2.24) is 20.2 Å². The molecule has 0 amide bonds. The zero-order valence-electron chi connectivity index (χ0n) is 19.3. The smallest absolute Gasteiger partial charge is 0.246 e. The molecule has 4 aromatic rings. The molecule has 0 saturated carbocycles. The van der Waals surface area contributed by atoms with Crippen LogP contribution in [0.2, 0.25) is 0 Å². The summed E-state index contributed by atoms with van der Waals surface area (Å²) >= 11 is 0. The summed E-state index contributed by atoms with van der Waals surface area (Å²) in [6, 6.07) is 19.3. The van der Waals surface area contributed by atoms with Gasteiger partial charge in [-0.3, -0.25) is 10.00 Å². The SMILES string of the molecule is COc1ccc(Nc2n[nH]c(-c3cccnc3N(Cc3ccccc3)C3=COCO3)n2)c(OC)c1. The fraction of sp³-hybridized carbons (Fsp3) is 0.160. The second kappa shape index (κ2) is 10.0. The van der Waals surface area contributed by atoms with Crippen molar-refractivity contribution in [2.75, 3.05) is 31.2 Å². The van der Waals surface area contributed by atoms with Gasteiger partial charge in [-0.15, -0.1) is 5.10 Å². The largest absolute Gasteiger partial charge is 0.497 e. The fourth-order valence-corrected chi connectivity index (χ4v) is 3.66. The van der Waals surface area contributed by atoms with E-state index in [1.807, 2.05) is 59.5 Å². The van der Waals surface area contributed by atoms with Crippen molar-refractivity contribution < 1.29 is 18.9 Å². The highest BCUT2D eigenvalue weighted by atomic mass is 16.7. The molecule has 178 valence electrons. The normalized spacial score (nSPS) is 12.3. The quantitative estimate of drug-likeness (QED) is 0.366. The number of aromatic amines is 1. The lowest BCUT2D eigenvalue weighted by atomic mass is 10.2. The van der Waals surface area contributed by atoms with Crippen molar-refractivity contribution in [3.8, 4) is 22.9 Å². The number of anilines is 3. The molecular formula is C25H24N6O4. The third-order valence-electron chi connectivity index (χ3n) is 5.35. The lowest BCUT2D eigenvalue weighted by Gasteiger charge is -2.24. The average molecular weight is 473 g/mol. The first-order valence-electron chi connectivity index (χ1n) is 10.9. The highest BCUT2D eigenvalue weighted by Gasteiger charge is 2.24. The number of pyridine rings is 1. The third kappa shape index (κ3) is 4.81. The second-order valence-corrected chi connectivity index (χ2v) is 7.53. The Labute approximate surface area is 202 Å². The van der Waals surface area contributed by atoms with Gasteiger partial charge in [0.1, 0.15) is 23.6 Å². The Morgan fingerprint density at radius 2 is 1.94 bits per heavy atom. The summed E-state index contributed by atoms with van der Waals surface area (Å²) in [6.45, 7) is 0.686. The molecular weight excluding hydrogens is 448 g/mol. The van der Waals surface area contributed by atoms with Crippen LogP contribution >= 0.6 is 0 Å². The van der Waals surface area contributed by atoms with E-state index in [0.29, 0.717) is 47.2 Å². The summed E-state index contributed by atoms with van der Waals surface area (Å²) < 4.78 is 21.8. The van der Waals surface area contributed by atoms with E-state index in [0.717, 1.165) is 11.1 Å². The average Bonchev–Trinajstić information content (AvgIpc) is 3.61. The molecule has 10 heteroatoms. The van der Waals surface area contributed by atoms with Crippen LogP contribution in [0, 0.1) is 0 Å². The monoisotopic (exact) mass is 472 g/mol. The molecule has 1 aliphatic rings. The number of benzene rings is 2. The minimum Gasteiger partial charge on any atom is -0.497 e. The van der Waals surface area contributed by atoms with Gasteiger partial charge in [0.05, 0.1) is 32.0 Å². The molecule has 0 fully saturated rings. The lowest BCUT2D eigenvalue weighted by molar-refractivity contribution is 0.0781. The number of ether oxygens (including phenoxy) is 4. The van der Waals surface area contributed by atoms with Crippen LogP contribution in [-0.4, -0.2) is 41.2 Å². The summed E-state index contributed by atoms with van der Waals surface area (Å²) in [7, 11) is 3.20. The zero-order valence-corrected chi connectivity index (χ0v) is 19.3. The Hall–Kier alpha value is -4.73. The number of rotatable bonds is 9. The topological polar surface area (TPSA) is 107 Å². The predicted octanol–water partition coefficient (Wildman–Crippen LogP) is 4.44. The van der Waals surface area contributed by atoms with Crippen molar-refractivity contribution in [3.63, 3.8) is 0 Å². The Morgan fingerprint density at radius 3 is 2.71 bits per heavy atom. The molecule has 1 aliphatic heterocycles. The highest BCUT2D eigenvalue weighted by molar-refractivity contribution is 5.73. The first-order chi connectivity index (χ1) is 17.2. The van der Waals surface area contributed by atoms with E-state index in [-0.39, 0.29) is 6.79 Å². The second-order valence-electron chi connectivity index (χ2n) is 7.53. The van der Waals surface area contributed by atoms with Crippen molar-refractivity contribution in [2.45, 2.75) is 6.54 Å². The van der Waals surface area contributed by atoms with Gasteiger partial charge in [0.15, 0.2) is 5.82 Å². The minimum absolute atomic E-state index is 0.156. The number of hydrogen-bond donors (Lipinski definition) is 2. The van der Waals surface area contributed by atoms with Crippen molar-refractivity contribution in [3.05, 3.63) is 84.6 Å². The molecule has 0 aliphatic carbocycles. The van der Waals surface area contributed by atoms with E-state index in [4.69, 9.17) is 18.9 Å². The minimum atomic E-state index is 0.156. The van der Waals surface area contributed by atoms with Crippen LogP contribution in [0.5, 0.6) is 11.5 Å². The molecule has 0 atom stereocenters. The van der Waals surface area contributed by atoms with Gasteiger partial charge in [-0.25, -0.2) is 4.98 Å². The van der Waals surface area contributed by atoms with E-state index < -0.39 is 0 Å². The molecule has 0 unspecified atom stereocenters. The van der Waals surface area contributed by atoms with Crippen molar-refractivity contribution >= 4 is 17.5 Å². The van der Waals surface area contributed by atoms with E-state index in [1.165, 1.54) is 0 Å². The number of aromatic nitrogens is 4. The molecule has 0 radical (unpaired) electrons. The first-order valence-corrected chi connectivity index (χ1v) is 10.9. The molecule has 2 aromatic heterocycles. The van der Waals surface area contributed by atoms with Gasteiger partial charge in [-0.05, 0) is 29.8 Å². The number of nitrogens with one attached hydrogen (secondary N) is 2. The number of H-pyrrole nitrogens is 1. The van der Waals surface area contributed by atoms with E-state index in [2.05, 4.69) is 25.5 Å². The maximum atomic E-state index is 5.70. The zero-order chi connectivity index (χ0) is 24.0.